The Hall–Kier alpha value is -3.74. The van der Waals surface area contributed by atoms with Gasteiger partial charge < -0.3 is 23.9 Å². The number of ether oxygens (including phenoxy) is 3. The standard InChI is InChI=1S/C24H26N2O5/c1-15(2)22-14-25-24(31-22)16-6-9-18(10-7-16)26-23(27)11-8-17-12-20(29-4)21(30-5)13-19(17)28-3/h6-15H,1-5H3,(H,26,27)/b11-8+. The van der Waals surface area contributed by atoms with Crippen molar-refractivity contribution in [2.45, 2.75) is 19.8 Å². The first-order valence-electron chi connectivity index (χ1n) is 9.80. The van der Waals surface area contributed by atoms with Crippen LogP contribution in [0.25, 0.3) is 17.5 Å². The molecule has 162 valence electrons. The maximum atomic E-state index is 12.4. The number of hydrogen-bond donors (Lipinski definition) is 1. The van der Waals surface area contributed by atoms with Crippen LogP contribution in [0.1, 0.15) is 31.1 Å². The third kappa shape index (κ3) is 5.25. The van der Waals surface area contributed by atoms with Gasteiger partial charge in [-0.2, -0.15) is 0 Å². The molecule has 1 N–H and O–H groups in total. The molecule has 0 aliphatic carbocycles. The Morgan fingerprint density at radius 1 is 1.00 bits per heavy atom. The fourth-order valence-electron chi connectivity index (χ4n) is 2.92. The van der Waals surface area contributed by atoms with Crippen molar-refractivity contribution in [2.75, 3.05) is 26.6 Å². The van der Waals surface area contributed by atoms with Crippen molar-refractivity contribution in [1.29, 1.82) is 0 Å². The van der Waals surface area contributed by atoms with E-state index in [1.807, 2.05) is 26.0 Å². The molecule has 1 aromatic heterocycles. The van der Waals surface area contributed by atoms with E-state index in [1.165, 1.54) is 6.08 Å². The lowest BCUT2D eigenvalue weighted by molar-refractivity contribution is -0.111. The van der Waals surface area contributed by atoms with Crippen molar-refractivity contribution < 1.29 is 23.4 Å². The zero-order valence-corrected chi connectivity index (χ0v) is 18.3. The number of amides is 1. The van der Waals surface area contributed by atoms with E-state index in [-0.39, 0.29) is 11.8 Å². The summed E-state index contributed by atoms with van der Waals surface area (Å²) >= 11 is 0. The molecule has 2 aromatic carbocycles. The van der Waals surface area contributed by atoms with Gasteiger partial charge in [-0.1, -0.05) is 13.8 Å². The number of benzene rings is 2. The Bertz CT molecular complexity index is 1070. The lowest BCUT2D eigenvalue weighted by atomic mass is 10.1. The predicted molar refractivity (Wildman–Crippen MR) is 120 cm³/mol. The fraction of sp³-hybridized carbons (Fsp3) is 0.250. The van der Waals surface area contributed by atoms with Crippen molar-refractivity contribution in [1.82, 2.24) is 4.98 Å². The van der Waals surface area contributed by atoms with Gasteiger partial charge in [0.15, 0.2) is 11.5 Å². The molecule has 0 atom stereocenters. The molecule has 0 aliphatic rings. The maximum absolute atomic E-state index is 12.4. The van der Waals surface area contributed by atoms with E-state index < -0.39 is 0 Å². The van der Waals surface area contributed by atoms with E-state index in [4.69, 9.17) is 18.6 Å². The van der Waals surface area contributed by atoms with Crippen molar-refractivity contribution in [2.24, 2.45) is 0 Å². The zero-order valence-electron chi connectivity index (χ0n) is 18.3. The summed E-state index contributed by atoms with van der Waals surface area (Å²) in [6.07, 6.45) is 4.83. The van der Waals surface area contributed by atoms with E-state index in [0.717, 1.165) is 11.3 Å². The summed E-state index contributed by atoms with van der Waals surface area (Å²) in [5, 5.41) is 2.83. The molecule has 0 saturated heterocycles. The zero-order chi connectivity index (χ0) is 22.4. The van der Waals surface area contributed by atoms with Crippen molar-refractivity contribution in [3.63, 3.8) is 0 Å². The molecule has 0 unspecified atom stereocenters. The first-order chi connectivity index (χ1) is 14.9. The molecular weight excluding hydrogens is 396 g/mol. The summed E-state index contributed by atoms with van der Waals surface area (Å²) in [6.45, 7) is 4.10. The average Bonchev–Trinajstić information content (AvgIpc) is 3.28. The number of carbonyl (C=O) groups excluding carboxylic acids is 1. The molecule has 0 radical (unpaired) electrons. The van der Waals surface area contributed by atoms with Crippen molar-refractivity contribution >= 4 is 17.7 Å². The highest BCUT2D eigenvalue weighted by Gasteiger charge is 2.11. The Morgan fingerprint density at radius 3 is 2.23 bits per heavy atom. The molecule has 7 nitrogen and oxygen atoms in total. The minimum atomic E-state index is -0.275. The van der Waals surface area contributed by atoms with Crippen LogP contribution in [0.15, 0.2) is 53.1 Å². The summed E-state index contributed by atoms with van der Waals surface area (Å²) in [6, 6.07) is 10.8. The Morgan fingerprint density at radius 2 is 1.65 bits per heavy atom. The van der Waals surface area contributed by atoms with Gasteiger partial charge in [0.05, 0.1) is 27.5 Å². The van der Waals surface area contributed by atoms with E-state index in [1.54, 1.807) is 57.9 Å². The largest absolute Gasteiger partial charge is 0.496 e. The Labute approximate surface area is 181 Å². The molecule has 0 spiro atoms. The number of oxazole rings is 1. The molecular formula is C24H26N2O5. The number of anilines is 1. The molecule has 0 bridgehead atoms. The van der Waals surface area contributed by atoms with Gasteiger partial charge in [0.25, 0.3) is 0 Å². The maximum Gasteiger partial charge on any atom is 0.248 e. The second kappa shape index (κ2) is 9.84. The highest BCUT2D eigenvalue weighted by molar-refractivity contribution is 6.02. The summed E-state index contributed by atoms with van der Waals surface area (Å²) < 4.78 is 21.7. The van der Waals surface area contributed by atoms with Gasteiger partial charge in [0, 0.05) is 34.9 Å². The van der Waals surface area contributed by atoms with Crippen molar-refractivity contribution in [3.8, 4) is 28.7 Å². The summed E-state index contributed by atoms with van der Waals surface area (Å²) in [7, 11) is 4.66. The first-order valence-corrected chi connectivity index (χ1v) is 9.80. The molecule has 0 saturated carbocycles. The SMILES string of the molecule is COc1cc(OC)c(OC)cc1/C=C/C(=O)Nc1ccc(-c2ncc(C(C)C)o2)cc1. The van der Waals surface area contributed by atoms with Crippen LogP contribution in [0.3, 0.4) is 0 Å². The molecule has 31 heavy (non-hydrogen) atoms. The first kappa shape index (κ1) is 22.0. The summed E-state index contributed by atoms with van der Waals surface area (Å²) in [4.78, 5) is 16.7. The second-order valence-electron chi connectivity index (χ2n) is 7.07. The Balaban J connectivity index is 1.70. The summed E-state index contributed by atoms with van der Waals surface area (Å²) in [5.74, 6) is 3.06. The lowest BCUT2D eigenvalue weighted by Crippen LogP contribution is -2.07. The number of nitrogens with zero attached hydrogens (tertiary/aromatic N) is 1. The molecule has 1 amide bonds. The third-order valence-corrected chi connectivity index (χ3v) is 4.64. The van der Waals surface area contributed by atoms with E-state index in [2.05, 4.69) is 10.3 Å². The second-order valence-corrected chi connectivity index (χ2v) is 7.07. The van der Waals surface area contributed by atoms with Crippen LogP contribution in [0.4, 0.5) is 5.69 Å². The third-order valence-electron chi connectivity index (χ3n) is 4.64. The molecule has 1 heterocycles. The highest BCUT2D eigenvalue weighted by atomic mass is 16.5. The van der Waals surface area contributed by atoms with Gasteiger partial charge in [-0.05, 0) is 36.4 Å². The number of methoxy groups -OCH3 is 3. The minimum absolute atomic E-state index is 0.274. The van der Waals surface area contributed by atoms with E-state index >= 15 is 0 Å². The monoisotopic (exact) mass is 422 g/mol. The van der Waals surface area contributed by atoms with Gasteiger partial charge in [-0.15, -0.1) is 0 Å². The van der Waals surface area contributed by atoms with Crippen LogP contribution in [-0.4, -0.2) is 32.2 Å². The van der Waals surface area contributed by atoms with Crippen LogP contribution in [0.5, 0.6) is 17.2 Å². The van der Waals surface area contributed by atoms with Crippen LogP contribution in [0.2, 0.25) is 0 Å². The molecule has 7 heteroatoms. The minimum Gasteiger partial charge on any atom is -0.496 e. The smallest absolute Gasteiger partial charge is 0.248 e. The van der Waals surface area contributed by atoms with Crippen LogP contribution >= 0.6 is 0 Å². The topological polar surface area (TPSA) is 82.8 Å². The lowest BCUT2D eigenvalue weighted by Gasteiger charge is -2.12. The number of carbonyl (C=O) groups is 1. The average molecular weight is 422 g/mol. The number of hydrogen-bond acceptors (Lipinski definition) is 6. The highest BCUT2D eigenvalue weighted by Crippen LogP contribution is 2.35. The van der Waals surface area contributed by atoms with Gasteiger partial charge in [0.2, 0.25) is 11.8 Å². The van der Waals surface area contributed by atoms with Gasteiger partial charge in [-0.25, -0.2) is 4.98 Å². The predicted octanol–water partition coefficient (Wildman–Crippen LogP) is 5.14. The normalized spacial score (nSPS) is 11.0. The van der Waals surface area contributed by atoms with Crippen LogP contribution < -0.4 is 19.5 Å². The molecule has 0 fully saturated rings. The molecule has 3 rings (SSSR count). The Kier molecular flexibility index (Phi) is 6.97. The summed E-state index contributed by atoms with van der Waals surface area (Å²) in [5.41, 5.74) is 2.19. The van der Waals surface area contributed by atoms with Gasteiger partial charge in [-0.3, -0.25) is 4.79 Å². The number of aromatic nitrogens is 1. The number of nitrogens with one attached hydrogen (secondary N) is 1. The van der Waals surface area contributed by atoms with Gasteiger partial charge in [0.1, 0.15) is 11.5 Å². The van der Waals surface area contributed by atoms with Crippen LogP contribution in [0, 0.1) is 0 Å². The quantitative estimate of drug-likeness (QED) is 0.506. The molecule has 0 aliphatic heterocycles. The fourth-order valence-corrected chi connectivity index (χ4v) is 2.92. The van der Waals surface area contributed by atoms with E-state index in [9.17, 15) is 4.79 Å². The van der Waals surface area contributed by atoms with Gasteiger partial charge >= 0.3 is 0 Å². The van der Waals surface area contributed by atoms with Crippen LogP contribution in [-0.2, 0) is 4.79 Å². The van der Waals surface area contributed by atoms with Crippen molar-refractivity contribution in [3.05, 3.63) is 60.0 Å². The van der Waals surface area contributed by atoms with E-state index in [0.29, 0.717) is 34.4 Å². The molecule has 3 aromatic rings. The number of rotatable bonds is 8.